The van der Waals surface area contributed by atoms with Crippen molar-refractivity contribution in [3.63, 3.8) is 0 Å². The first kappa shape index (κ1) is 23.9. The van der Waals surface area contributed by atoms with E-state index in [-0.39, 0.29) is 72.8 Å². The molecule has 33 heavy (non-hydrogen) atoms. The number of aromatic hydroxyl groups is 1. The van der Waals surface area contributed by atoms with Crippen LogP contribution in [0.5, 0.6) is 11.5 Å². The van der Waals surface area contributed by atoms with Crippen LogP contribution < -0.4 is 4.74 Å². The van der Waals surface area contributed by atoms with E-state index in [0.717, 1.165) is 37.7 Å². The van der Waals surface area contributed by atoms with Crippen molar-refractivity contribution in [2.75, 3.05) is 13.7 Å². The van der Waals surface area contributed by atoms with Crippen LogP contribution in [0, 0.1) is 28.2 Å². The first-order valence-corrected chi connectivity index (χ1v) is 12.0. The van der Waals surface area contributed by atoms with E-state index < -0.39 is 11.2 Å². The Morgan fingerprint density at radius 3 is 2.58 bits per heavy atom. The zero-order valence-corrected chi connectivity index (χ0v) is 23.2. The van der Waals surface area contributed by atoms with E-state index >= 15 is 0 Å². The molecule has 1 radical (unpaired) electrons. The molecule has 2 N–H and O–H groups in total. The Balaban J connectivity index is 0.00000228. The van der Waals surface area contributed by atoms with Crippen LogP contribution in [0.25, 0.3) is 0 Å². The molecule has 3 saturated carbocycles. The summed E-state index contributed by atoms with van der Waals surface area (Å²) >= 11 is 0. The number of likely N-dealkylation sites (tertiary alicyclic amines) is 1. The van der Waals surface area contributed by atoms with Gasteiger partial charge >= 0.3 is 0 Å². The van der Waals surface area contributed by atoms with E-state index in [1.807, 2.05) is 17.9 Å². The van der Waals surface area contributed by atoms with Crippen molar-refractivity contribution < 1.29 is 52.4 Å². The summed E-state index contributed by atoms with van der Waals surface area (Å²) in [5.74, 6) is 0.653. The predicted molar refractivity (Wildman–Crippen MR) is 118 cm³/mol. The van der Waals surface area contributed by atoms with Gasteiger partial charge in [0.05, 0.1) is 5.60 Å². The van der Waals surface area contributed by atoms with Gasteiger partial charge in [-0.3, -0.25) is 0 Å². The summed E-state index contributed by atoms with van der Waals surface area (Å²) in [4.78, 5) is 1.99. The number of rotatable bonds is 2. The number of hydrogen-bond acceptors (Lipinski definition) is 6. The Bertz CT molecular complexity index is 1060. The van der Waals surface area contributed by atoms with Crippen molar-refractivity contribution in [3.8, 4) is 17.7 Å². The van der Waals surface area contributed by atoms with Crippen LogP contribution in [-0.4, -0.2) is 52.1 Å². The molecule has 175 valence electrons. The molecule has 2 spiro atoms. The maximum absolute atomic E-state index is 12.0. The number of ether oxygens (including phenoxy) is 2. The second-order valence-corrected chi connectivity index (χ2v) is 12.1. The number of phenols is 1. The monoisotopic (exact) mass is 527 g/mol. The van der Waals surface area contributed by atoms with Crippen molar-refractivity contribution in [1.29, 1.82) is 5.26 Å². The van der Waals surface area contributed by atoms with Gasteiger partial charge in [0.1, 0.15) is 11.7 Å². The summed E-state index contributed by atoms with van der Waals surface area (Å²) in [5, 5.41) is 32.9. The standard InChI is InChI=1S/C26H34N2O4.Y/c1-22(2,3)23(4,30)17-13-24-8-9-26(17,31-5)21-25(24)10-11-28(14-27)18(24)12-15-6-7-16(29)20(32-21)19(15)25;/h6-7,17-18,21,29-30H,8-13H2,1-5H3;. The largest absolute Gasteiger partial charge is 0.504 e. The number of fused-ring (bicyclic) bond motifs is 2. The minimum Gasteiger partial charge on any atom is -0.504 e. The van der Waals surface area contributed by atoms with E-state index in [4.69, 9.17) is 9.47 Å². The Morgan fingerprint density at radius 2 is 1.94 bits per heavy atom. The number of aliphatic hydroxyl groups is 1. The molecular weight excluding hydrogens is 493 g/mol. The van der Waals surface area contributed by atoms with Crippen LogP contribution in [0.1, 0.15) is 64.5 Å². The van der Waals surface area contributed by atoms with Crippen LogP contribution in [0.2, 0.25) is 0 Å². The normalized spacial score (nSPS) is 41.4. The molecule has 4 bridgehead atoms. The van der Waals surface area contributed by atoms with E-state index in [9.17, 15) is 15.5 Å². The van der Waals surface area contributed by atoms with Gasteiger partial charge in [-0.2, -0.15) is 5.26 Å². The Morgan fingerprint density at radius 1 is 1.21 bits per heavy atom. The fourth-order valence-electron chi connectivity index (χ4n) is 8.76. The molecule has 4 fully saturated rings. The number of phenolic OH excluding ortho intramolecular Hbond substituents is 1. The summed E-state index contributed by atoms with van der Waals surface area (Å²) in [6.07, 6.45) is 6.31. The fraction of sp³-hybridized carbons (Fsp3) is 0.731. The molecule has 1 aromatic carbocycles. The molecule has 7 rings (SSSR count). The SMILES string of the molecule is COC12CCC3(CC1C(C)(O)C(C)(C)C)C1Cc4ccc(O)c5c4C3(CCN1C#N)C2O5.[Y]. The van der Waals surface area contributed by atoms with Crippen LogP contribution in [0.3, 0.4) is 0 Å². The maximum Gasteiger partial charge on any atom is 0.179 e. The van der Waals surface area contributed by atoms with Gasteiger partial charge in [-0.1, -0.05) is 26.8 Å². The molecule has 2 heterocycles. The summed E-state index contributed by atoms with van der Waals surface area (Å²) in [6.45, 7) is 8.90. The Labute approximate surface area is 221 Å². The van der Waals surface area contributed by atoms with Gasteiger partial charge in [0.2, 0.25) is 0 Å². The molecule has 7 heteroatoms. The Kier molecular flexibility index (Phi) is 4.97. The van der Waals surface area contributed by atoms with Gasteiger partial charge in [-0.05, 0) is 56.1 Å². The number of nitriles is 1. The predicted octanol–water partition coefficient (Wildman–Crippen LogP) is 3.48. The fourth-order valence-corrected chi connectivity index (χ4v) is 8.76. The third-order valence-electron chi connectivity index (χ3n) is 10.7. The Hall–Kier alpha value is -0.866. The summed E-state index contributed by atoms with van der Waals surface area (Å²) in [7, 11) is 1.76. The topological polar surface area (TPSA) is 86.0 Å². The summed E-state index contributed by atoms with van der Waals surface area (Å²) < 4.78 is 13.2. The zero-order chi connectivity index (χ0) is 22.9. The molecule has 7 atom stereocenters. The molecule has 1 aromatic rings. The van der Waals surface area contributed by atoms with Crippen molar-refractivity contribution in [1.82, 2.24) is 4.90 Å². The maximum atomic E-state index is 12.0. The first-order valence-electron chi connectivity index (χ1n) is 12.0. The number of nitrogens with zero attached hydrogens (tertiary/aromatic N) is 2. The zero-order valence-electron chi connectivity index (χ0n) is 20.3. The molecule has 6 aliphatic rings. The van der Waals surface area contributed by atoms with Gasteiger partial charge in [-0.15, -0.1) is 0 Å². The van der Waals surface area contributed by atoms with Gasteiger partial charge in [0.25, 0.3) is 0 Å². The first-order chi connectivity index (χ1) is 15.0. The summed E-state index contributed by atoms with van der Waals surface area (Å²) in [6, 6.07) is 3.83. The number of hydrogen-bond donors (Lipinski definition) is 2. The van der Waals surface area contributed by atoms with Crippen LogP contribution in [-0.2, 0) is 49.3 Å². The molecule has 2 aliphatic heterocycles. The quantitative estimate of drug-likeness (QED) is 0.573. The number of benzene rings is 1. The third kappa shape index (κ3) is 2.39. The minimum absolute atomic E-state index is 0. The second-order valence-electron chi connectivity index (χ2n) is 12.1. The van der Waals surface area contributed by atoms with E-state index in [0.29, 0.717) is 12.3 Å². The smallest absolute Gasteiger partial charge is 0.179 e. The molecule has 1 saturated heterocycles. The molecule has 0 amide bonds. The van der Waals surface area contributed by atoms with E-state index in [1.165, 1.54) is 5.56 Å². The molecule has 7 unspecified atom stereocenters. The van der Waals surface area contributed by atoms with Crippen LogP contribution >= 0.6 is 0 Å². The molecule has 4 aliphatic carbocycles. The molecule has 0 aromatic heterocycles. The molecule has 6 nitrogen and oxygen atoms in total. The molecular formula is C26H34N2O4Y. The van der Waals surface area contributed by atoms with Gasteiger partial charge in [-0.25, -0.2) is 0 Å². The van der Waals surface area contributed by atoms with Gasteiger partial charge in [0, 0.05) is 74.7 Å². The minimum atomic E-state index is -0.996. The third-order valence-corrected chi connectivity index (χ3v) is 10.7. The summed E-state index contributed by atoms with van der Waals surface area (Å²) in [5.41, 5.74) is -0.159. The average Bonchev–Trinajstić information content (AvgIpc) is 3.11. The van der Waals surface area contributed by atoms with Crippen molar-refractivity contribution in [3.05, 3.63) is 23.3 Å². The number of piperidine rings is 1. The van der Waals surface area contributed by atoms with Gasteiger partial charge in [0.15, 0.2) is 17.7 Å². The van der Waals surface area contributed by atoms with Crippen molar-refractivity contribution in [2.45, 2.75) is 88.6 Å². The average molecular weight is 527 g/mol. The second kappa shape index (κ2) is 6.87. The van der Waals surface area contributed by atoms with Crippen LogP contribution in [0.15, 0.2) is 12.1 Å². The number of methoxy groups -OCH3 is 1. The van der Waals surface area contributed by atoms with E-state index in [1.54, 1.807) is 13.2 Å². The van der Waals surface area contributed by atoms with Crippen molar-refractivity contribution in [2.24, 2.45) is 16.7 Å². The van der Waals surface area contributed by atoms with Gasteiger partial charge < -0.3 is 24.6 Å². The van der Waals surface area contributed by atoms with Crippen LogP contribution in [0.4, 0.5) is 0 Å². The van der Waals surface area contributed by atoms with Crippen molar-refractivity contribution >= 4 is 0 Å². The van der Waals surface area contributed by atoms with E-state index in [2.05, 4.69) is 27.0 Å².